The maximum atomic E-state index is 12.4. The molecule has 8 heteroatoms. The number of piperidine rings is 1. The van der Waals surface area contributed by atoms with Crippen molar-refractivity contribution in [3.8, 4) is 0 Å². The van der Waals surface area contributed by atoms with Crippen molar-refractivity contribution in [3.05, 3.63) is 0 Å². The summed E-state index contributed by atoms with van der Waals surface area (Å²) in [5.41, 5.74) is 5.82. The number of aliphatic imine (C=N–C) groups is 2. The minimum atomic E-state index is -0.396. The fraction of sp³-hybridized carbons (Fsp3) is 0.870. The molecule has 0 radical (unpaired) electrons. The fourth-order valence-electron chi connectivity index (χ4n) is 5.02. The van der Waals surface area contributed by atoms with Crippen molar-refractivity contribution >= 4 is 17.9 Å². The number of urea groups is 1. The van der Waals surface area contributed by atoms with Gasteiger partial charge in [0.2, 0.25) is 0 Å². The van der Waals surface area contributed by atoms with Crippen LogP contribution < -0.4 is 11.1 Å². The molecule has 3 rings (SSSR count). The van der Waals surface area contributed by atoms with Gasteiger partial charge in [0.05, 0.1) is 19.3 Å². The molecule has 0 aromatic carbocycles. The molecule has 3 fully saturated rings. The highest BCUT2D eigenvalue weighted by Gasteiger charge is 2.31. The summed E-state index contributed by atoms with van der Waals surface area (Å²) in [7, 11) is 0. The van der Waals surface area contributed by atoms with Crippen LogP contribution in [-0.4, -0.2) is 72.2 Å². The minimum Gasteiger partial charge on any atom is -0.464 e. The van der Waals surface area contributed by atoms with E-state index in [1.165, 1.54) is 51.5 Å². The Kier molecular flexibility index (Phi) is 9.58. The first-order valence-corrected chi connectivity index (χ1v) is 12.4. The van der Waals surface area contributed by atoms with Gasteiger partial charge < -0.3 is 15.8 Å². The van der Waals surface area contributed by atoms with Gasteiger partial charge >= 0.3 is 12.1 Å². The van der Waals surface area contributed by atoms with Crippen molar-refractivity contribution in [1.82, 2.24) is 15.1 Å². The quantitative estimate of drug-likeness (QED) is 0.330. The molecule has 2 atom stereocenters. The Morgan fingerprint density at radius 2 is 2.00 bits per heavy atom. The number of amidine groups is 2. The minimum absolute atomic E-state index is 0.0799. The third-order valence-corrected chi connectivity index (χ3v) is 6.61. The third-order valence-electron chi connectivity index (χ3n) is 6.61. The van der Waals surface area contributed by atoms with Crippen LogP contribution in [0.5, 0.6) is 0 Å². The summed E-state index contributed by atoms with van der Waals surface area (Å²) < 4.78 is 5.72. The van der Waals surface area contributed by atoms with Crippen LogP contribution in [-0.2, 0) is 4.74 Å². The van der Waals surface area contributed by atoms with E-state index in [2.05, 4.69) is 27.1 Å². The van der Waals surface area contributed by atoms with Crippen molar-refractivity contribution in [2.75, 3.05) is 26.2 Å². The first-order chi connectivity index (χ1) is 15.1. The molecule has 0 bridgehead atoms. The number of likely N-dealkylation sites (tertiary alicyclic amines) is 1. The number of nitrogens with two attached hydrogens (primary N) is 1. The van der Waals surface area contributed by atoms with Crippen LogP contribution in [0.2, 0.25) is 0 Å². The van der Waals surface area contributed by atoms with Crippen molar-refractivity contribution in [2.24, 2.45) is 15.7 Å². The number of hydrogen-bond acceptors (Lipinski definition) is 5. The summed E-state index contributed by atoms with van der Waals surface area (Å²) in [6.07, 6.45) is 13.1. The van der Waals surface area contributed by atoms with Gasteiger partial charge in [-0.1, -0.05) is 32.6 Å². The van der Waals surface area contributed by atoms with E-state index < -0.39 is 6.17 Å². The topological polar surface area (TPSA) is 95.5 Å². The molecular weight excluding hydrogens is 392 g/mol. The van der Waals surface area contributed by atoms with Gasteiger partial charge in [-0.25, -0.2) is 9.79 Å². The molecule has 1 saturated carbocycles. The molecule has 2 saturated heterocycles. The standard InChI is InChI=1S/C23H42N6O2/c1-3-4-16-31-22(26-18(2)24)27-21-17-25-23(30)29(21)15-9-13-20-12-7-8-14-28(20)19-10-5-6-11-19/h18-20H,3-17,24H2,1-2H3,(H,25,30). The molecule has 0 aromatic heterocycles. The lowest BCUT2D eigenvalue weighted by atomic mass is 9.95. The Hall–Kier alpha value is -1.67. The molecule has 3 aliphatic rings. The zero-order valence-electron chi connectivity index (χ0n) is 19.5. The second-order valence-electron chi connectivity index (χ2n) is 9.16. The zero-order chi connectivity index (χ0) is 22.1. The van der Waals surface area contributed by atoms with Crippen LogP contribution in [0.25, 0.3) is 0 Å². The Balaban J connectivity index is 1.57. The molecule has 0 spiro atoms. The first-order valence-electron chi connectivity index (χ1n) is 12.4. The highest BCUT2D eigenvalue weighted by Crippen LogP contribution is 2.31. The van der Waals surface area contributed by atoms with Crippen molar-refractivity contribution < 1.29 is 9.53 Å². The van der Waals surface area contributed by atoms with Crippen molar-refractivity contribution in [3.63, 3.8) is 0 Å². The molecule has 2 amide bonds. The van der Waals surface area contributed by atoms with Gasteiger partial charge in [0.25, 0.3) is 0 Å². The highest BCUT2D eigenvalue weighted by molar-refractivity contribution is 6.08. The molecule has 1 aliphatic carbocycles. The average Bonchev–Trinajstić information content (AvgIpc) is 3.39. The SMILES string of the molecule is CCCCOC(=NC(C)N)N=C1CNC(=O)N1CCCC1CCCCN1C1CCCC1. The average molecular weight is 435 g/mol. The van der Waals surface area contributed by atoms with Crippen LogP contribution in [0.3, 0.4) is 0 Å². The number of nitrogens with zero attached hydrogens (tertiary/aromatic N) is 4. The van der Waals surface area contributed by atoms with E-state index in [0.29, 0.717) is 31.6 Å². The predicted molar refractivity (Wildman–Crippen MR) is 125 cm³/mol. The summed E-state index contributed by atoms with van der Waals surface area (Å²) in [5.74, 6) is 0.678. The third kappa shape index (κ3) is 7.17. The lowest BCUT2D eigenvalue weighted by Gasteiger charge is -2.40. The van der Waals surface area contributed by atoms with E-state index in [1.807, 2.05) is 0 Å². The van der Waals surface area contributed by atoms with Gasteiger partial charge in [0, 0.05) is 18.6 Å². The van der Waals surface area contributed by atoms with Crippen molar-refractivity contribution in [1.29, 1.82) is 0 Å². The molecule has 2 aliphatic heterocycles. The molecular formula is C23H42N6O2. The maximum Gasteiger partial charge on any atom is 0.323 e. The molecule has 2 heterocycles. The van der Waals surface area contributed by atoms with E-state index >= 15 is 0 Å². The Labute approximate surface area is 187 Å². The van der Waals surface area contributed by atoms with Crippen LogP contribution >= 0.6 is 0 Å². The summed E-state index contributed by atoms with van der Waals surface area (Å²) in [5, 5.41) is 2.89. The Morgan fingerprint density at radius 3 is 2.74 bits per heavy atom. The molecule has 2 unspecified atom stereocenters. The van der Waals surface area contributed by atoms with E-state index in [-0.39, 0.29) is 12.1 Å². The fourth-order valence-corrected chi connectivity index (χ4v) is 5.02. The summed E-state index contributed by atoms with van der Waals surface area (Å²) in [6, 6.07) is 1.65. The Morgan fingerprint density at radius 1 is 1.23 bits per heavy atom. The van der Waals surface area contributed by atoms with E-state index in [0.717, 1.165) is 31.7 Å². The van der Waals surface area contributed by atoms with Gasteiger partial charge in [-0.3, -0.25) is 9.80 Å². The number of rotatable bonds is 9. The summed E-state index contributed by atoms with van der Waals surface area (Å²) >= 11 is 0. The number of carbonyl (C=O) groups is 1. The number of nitrogens with one attached hydrogen (secondary N) is 1. The summed E-state index contributed by atoms with van der Waals surface area (Å²) in [6.45, 7) is 6.79. The molecule has 3 N–H and O–H groups in total. The number of amides is 2. The second-order valence-corrected chi connectivity index (χ2v) is 9.16. The zero-order valence-corrected chi connectivity index (χ0v) is 19.5. The van der Waals surface area contributed by atoms with Gasteiger partial charge in [0.1, 0.15) is 5.84 Å². The maximum absolute atomic E-state index is 12.4. The number of hydrogen-bond donors (Lipinski definition) is 2. The highest BCUT2D eigenvalue weighted by atomic mass is 16.5. The van der Waals surface area contributed by atoms with E-state index in [4.69, 9.17) is 10.5 Å². The van der Waals surface area contributed by atoms with E-state index in [1.54, 1.807) is 11.8 Å². The normalized spacial score (nSPS) is 26.0. The molecule has 0 aromatic rings. The first kappa shape index (κ1) is 24.0. The molecule has 8 nitrogen and oxygen atoms in total. The molecule has 176 valence electrons. The number of ether oxygens (including phenoxy) is 1. The summed E-state index contributed by atoms with van der Waals surface area (Å²) in [4.78, 5) is 25.8. The number of unbranched alkanes of at least 4 members (excludes halogenated alkanes) is 1. The largest absolute Gasteiger partial charge is 0.464 e. The molecule has 31 heavy (non-hydrogen) atoms. The van der Waals surface area contributed by atoms with Crippen LogP contribution in [0.4, 0.5) is 4.79 Å². The Bertz CT molecular complexity index is 630. The lowest BCUT2D eigenvalue weighted by Crippen LogP contribution is -2.45. The van der Waals surface area contributed by atoms with Crippen LogP contribution in [0.15, 0.2) is 9.98 Å². The number of carbonyl (C=O) groups excluding carboxylic acids is 1. The van der Waals surface area contributed by atoms with Gasteiger partial charge in [-0.2, -0.15) is 4.99 Å². The van der Waals surface area contributed by atoms with Crippen LogP contribution in [0.1, 0.15) is 84.5 Å². The van der Waals surface area contributed by atoms with Crippen LogP contribution in [0, 0.1) is 0 Å². The lowest BCUT2D eigenvalue weighted by molar-refractivity contribution is 0.0890. The smallest absolute Gasteiger partial charge is 0.323 e. The van der Waals surface area contributed by atoms with Gasteiger partial charge in [-0.05, 0) is 58.4 Å². The predicted octanol–water partition coefficient (Wildman–Crippen LogP) is 3.46. The van der Waals surface area contributed by atoms with Gasteiger partial charge in [0.15, 0.2) is 0 Å². The van der Waals surface area contributed by atoms with Gasteiger partial charge in [-0.15, -0.1) is 0 Å². The van der Waals surface area contributed by atoms with E-state index in [9.17, 15) is 4.79 Å². The van der Waals surface area contributed by atoms with Crippen molar-refractivity contribution in [2.45, 2.75) is 103 Å². The monoisotopic (exact) mass is 434 g/mol. The second kappa shape index (κ2) is 12.4.